The van der Waals surface area contributed by atoms with Gasteiger partial charge in [-0.1, -0.05) is 36.2 Å². The number of nitrogens with one attached hydrogen (secondary N) is 1. The summed E-state index contributed by atoms with van der Waals surface area (Å²) < 4.78 is 0. The third-order valence-electron chi connectivity index (χ3n) is 3.29. The fourth-order valence-electron chi connectivity index (χ4n) is 2.33. The van der Waals surface area contributed by atoms with Crippen molar-refractivity contribution in [2.45, 2.75) is 51.8 Å². The van der Waals surface area contributed by atoms with Gasteiger partial charge in [0, 0.05) is 11.8 Å². The quantitative estimate of drug-likeness (QED) is 0.703. The zero-order chi connectivity index (χ0) is 13.4. The number of hydrogen-bond acceptors (Lipinski definition) is 2. The zero-order valence-electron chi connectivity index (χ0n) is 12.3. The van der Waals surface area contributed by atoms with Crippen LogP contribution in [0.1, 0.15) is 42.9 Å². The van der Waals surface area contributed by atoms with Crippen molar-refractivity contribution in [2.75, 3.05) is 12.8 Å². The van der Waals surface area contributed by atoms with E-state index in [0.29, 0.717) is 6.04 Å². The minimum absolute atomic E-state index is 0.701. The minimum Gasteiger partial charge on any atom is -0.317 e. The van der Waals surface area contributed by atoms with Gasteiger partial charge in [0.1, 0.15) is 0 Å². The van der Waals surface area contributed by atoms with Crippen LogP contribution in [0.2, 0.25) is 0 Å². The normalized spacial score (nSPS) is 12.7. The lowest BCUT2D eigenvalue weighted by molar-refractivity contribution is 0.504. The van der Waals surface area contributed by atoms with E-state index in [1.807, 2.05) is 0 Å². The number of rotatable bonds is 8. The van der Waals surface area contributed by atoms with Crippen LogP contribution in [0.5, 0.6) is 0 Å². The summed E-state index contributed by atoms with van der Waals surface area (Å²) in [6.45, 7) is 6.61. The van der Waals surface area contributed by atoms with E-state index in [2.05, 4.69) is 63.1 Å². The smallest absolute Gasteiger partial charge is 0.0184 e. The molecule has 0 radical (unpaired) electrons. The molecule has 0 bridgehead atoms. The maximum absolute atomic E-state index is 3.37. The molecule has 0 aliphatic heterocycles. The molecule has 2 heteroatoms. The van der Waals surface area contributed by atoms with E-state index in [-0.39, 0.29) is 0 Å². The Morgan fingerprint density at radius 2 is 1.83 bits per heavy atom. The average Bonchev–Trinajstić information content (AvgIpc) is 2.32. The van der Waals surface area contributed by atoms with Gasteiger partial charge in [-0.15, -0.1) is 0 Å². The lowest BCUT2D eigenvalue weighted by Gasteiger charge is -2.13. The van der Waals surface area contributed by atoms with Crippen LogP contribution in [0.3, 0.4) is 0 Å². The molecule has 1 aromatic rings. The number of benzene rings is 1. The number of hydrogen-bond donors (Lipinski definition) is 1. The highest BCUT2D eigenvalue weighted by Crippen LogP contribution is 2.17. The van der Waals surface area contributed by atoms with E-state index in [1.165, 1.54) is 41.7 Å². The van der Waals surface area contributed by atoms with Gasteiger partial charge in [0.15, 0.2) is 0 Å². The summed E-state index contributed by atoms with van der Waals surface area (Å²) in [7, 11) is 2.07. The molecule has 0 aliphatic rings. The molecule has 1 rings (SSSR count). The van der Waals surface area contributed by atoms with Crippen molar-refractivity contribution in [3.63, 3.8) is 0 Å². The van der Waals surface area contributed by atoms with Crippen molar-refractivity contribution in [1.29, 1.82) is 0 Å². The van der Waals surface area contributed by atoms with Gasteiger partial charge in [0.25, 0.3) is 0 Å². The van der Waals surface area contributed by atoms with E-state index in [4.69, 9.17) is 0 Å². The molecule has 0 amide bonds. The molecule has 0 aromatic heterocycles. The van der Waals surface area contributed by atoms with Gasteiger partial charge >= 0.3 is 0 Å². The first kappa shape index (κ1) is 15.6. The highest BCUT2D eigenvalue weighted by atomic mass is 32.2. The lowest BCUT2D eigenvalue weighted by atomic mass is 10.1. The third-order valence-corrected chi connectivity index (χ3v) is 4.41. The van der Waals surface area contributed by atoms with Crippen molar-refractivity contribution in [1.82, 2.24) is 5.32 Å². The lowest BCUT2D eigenvalue weighted by Crippen LogP contribution is -2.23. The largest absolute Gasteiger partial charge is 0.317 e. The van der Waals surface area contributed by atoms with Gasteiger partial charge in [-0.05, 0) is 51.5 Å². The van der Waals surface area contributed by atoms with Crippen molar-refractivity contribution >= 4 is 11.8 Å². The van der Waals surface area contributed by atoms with Gasteiger partial charge in [0.2, 0.25) is 0 Å². The molecule has 0 aliphatic carbocycles. The van der Waals surface area contributed by atoms with E-state index in [0.717, 1.165) is 5.75 Å². The second-order valence-electron chi connectivity index (χ2n) is 5.08. The fraction of sp³-hybridized carbons (Fsp3) is 0.625. The first-order valence-corrected chi connectivity index (χ1v) is 8.13. The van der Waals surface area contributed by atoms with Crippen molar-refractivity contribution in [3.8, 4) is 0 Å². The average molecular weight is 265 g/mol. The molecule has 1 nitrogen and oxygen atoms in total. The molecule has 0 heterocycles. The molecule has 1 atom stereocenters. The molecule has 0 spiro atoms. The second-order valence-corrected chi connectivity index (χ2v) is 6.19. The minimum atomic E-state index is 0.701. The Bertz CT molecular complexity index is 325. The highest BCUT2D eigenvalue weighted by Gasteiger charge is 2.02. The number of aryl methyl sites for hydroxylation is 2. The molecule has 0 saturated heterocycles. The maximum atomic E-state index is 3.37. The Morgan fingerprint density at radius 3 is 2.39 bits per heavy atom. The predicted octanol–water partition coefficient (Wildman–Crippen LogP) is 4.31. The van der Waals surface area contributed by atoms with Crippen LogP contribution < -0.4 is 5.32 Å². The first-order chi connectivity index (χ1) is 8.65. The molecule has 102 valence electrons. The molecule has 1 unspecified atom stereocenters. The highest BCUT2D eigenvalue weighted by molar-refractivity contribution is 7.98. The van der Waals surface area contributed by atoms with Crippen LogP contribution in [0.25, 0.3) is 0 Å². The molecule has 0 saturated carbocycles. The van der Waals surface area contributed by atoms with Crippen LogP contribution >= 0.6 is 11.8 Å². The van der Waals surface area contributed by atoms with Crippen LogP contribution in [0.4, 0.5) is 0 Å². The molecule has 1 aromatic carbocycles. The third kappa shape index (κ3) is 5.92. The summed E-state index contributed by atoms with van der Waals surface area (Å²) in [5.74, 6) is 2.42. The zero-order valence-corrected chi connectivity index (χ0v) is 13.1. The Balaban J connectivity index is 2.21. The number of thioether (sulfide) groups is 1. The Labute approximate surface area is 117 Å². The van der Waals surface area contributed by atoms with Gasteiger partial charge in [-0.3, -0.25) is 0 Å². The molecular weight excluding hydrogens is 238 g/mol. The Morgan fingerprint density at radius 1 is 1.17 bits per heavy atom. The molecule has 18 heavy (non-hydrogen) atoms. The fourth-order valence-corrected chi connectivity index (χ4v) is 3.24. The van der Waals surface area contributed by atoms with Crippen molar-refractivity contribution in [2.24, 2.45) is 0 Å². The summed E-state index contributed by atoms with van der Waals surface area (Å²) >= 11 is 2.06. The van der Waals surface area contributed by atoms with Gasteiger partial charge < -0.3 is 5.32 Å². The molecule has 0 fully saturated rings. The van der Waals surface area contributed by atoms with Crippen LogP contribution in [-0.2, 0) is 5.75 Å². The van der Waals surface area contributed by atoms with Gasteiger partial charge in [-0.2, -0.15) is 11.8 Å². The summed E-state index contributed by atoms with van der Waals surface area (Å²) in [5, 5.41) is 3.37. The summed E-state index contributed by atoms with van der Waals surface area (Å²) in [4.78, 5) is 0. The Kier molecular flexibility index (Phi) is 7.45. The summed E-state index contributed by atoms with van der Waals surface area (Å²) in [6, 6.07) is 7.56. The van der Waals surface area contributed by atoms with Gasteiger partial charge in [-0.25, -0.2) is 0 Å². The van der Waals surface area contributed by atoms with Crippen molar-refractivity contribution < 1.29 is 0 Å². The van der Waals surface area contributed by atoms with Crippen LogP contribution in [0.15, 0.2) is 18.2 Å². The summed E-state index contributed by atoms with van der Waals surface area (Å²) in [6.07, 6.45) is 3.85. The first-order valence-electron chi connectivity index (χ1n) is 6.98. The van der Waals surface area contributed by atoms with E-state index < -0.39 is 0 Å². The summed E-state index contributed by atoms with van der Waals surface area (Å²) in [5.41, 5.74) is 4.23. The van der Waals surface area contributed by atoms with E-state index >= 15 is 0 Å². The van der Waals surface area contributed by atoms with Crippen LogP contribution in [0, 0.1) is 13.8 Å². The van der Waals surface area contributed by atoms with E-state index in [9.17, 15) is 0 Å². The van der Waals surface area contributed by atoms with E-state index in [1.54, 1.807) is 0 Å². The maximum Gasteiger partial charge on any atom is 0.0184 e. The standard InChI is InChI=1S/C16H27NS/c1-5-16(17-4)7-6-8-18-12-15-10-13(2)9-14(3)11-15/h9-11,16-17H,5-8,12H2,1-4H3. The van der Waals surface area contributed by atoms with Gasteiger partial charge in [0.05, 0.1) is 0 Å². The molecular formula is C16H27NS. The van der Waals surface area contributed by atoms with Crippen LogP contribution in [-0.4, -0.2) is 18.8 Å². The second kappa shape index (κ2) is 8.60. The topological polar surface area (TPSA) is 12.0 Å². The monoisotopic (exact) mass is 265 g/mol. The van der Waals surface area contributed by atoms with Crippen molar-refractivity contribution in [3.05, 3.63) is 34.9 Å². The SMILES string of the molecule is CCC(CCCSCc1cc(C)cc(C)c1)NC. The molecule has 1 N–H and O–H groups in total. The Hall–Kier alpha value is -0.470. The predicted molar refractivity (Wildman–Crippen MR) is 84.5 cm³/mol.